The first-order valence-corrected chi connectivity index (χ1v) is 11.2. The lowest BCUT2D eigenvalue weighted by atomic mass is 10.0. The average molecular weight is 435 g/mol. The Bertz CT molecular complexity index is 1160. The third-order valence-electron chi connectivity index (χ3n) is 6.23. The number of aromatic nitrogens is 2. The fraction of sp³-hybridized carbons (Fsp3) is 0.400. The van der Waals surface area contributed by atoms with E-state index in [9.17, 15) is 9.59 Å². The normalized spacial score (nSPS) is 15.1. The second-order valence-electron chi connectivity index (χ2n) is 8.19. The number of carbonyl (C=O) groups excluding carboxylic acids is 1. The Labute approximate surface area is 188 Å². The van der Waals surface area contributed by atoms with Gasteiger partial charge in [-0.05, 0) is 75.7 Å². The van der Waals surface area contributed by atoms with E-state index in [1.54, 1.807) is 30.7 Å². The number of methoxy groups -OCH3 is 1. The first kappa shape index (κ1) is 22.0. The first-order valence-electron chi connectivity index (χ1n) is 11.2. The van der Waals surface area contributed by atoms with E-state index in [1.807, 2.05) is 25.1 Å². The van der Waals surface area contributed by atoms with Gasteiger partial charge in [0.05, 0.1) is 24.2 Å². The van der Waals surface area contributed by atoms with Crippen molar-refractivity contribution in [2.45, 2.75) is 39.3 Å². The molecule has 2 aromatic carbocycles. The second-order valence-corrected chi connectivity index (χ2v) is 8.19. The molecule has 3 aromatic rings. The highest BCUT2D eigenvalue weighted by Gasteiger charge is 2.24. The molecule has 32 heavy (non-hydrogen) atoms. The van der Waals surface area contributed by atoms with Gasteiger partial charge < -0.3 is 14.6 Å². The highest BCUT2D eigenvalue weighted by atomic mass is 16.5. The van der Waals surface area contributed by atoms with Crippen molar-refractivity contribution in [3.05, 3.63) is 69.6 Å². The summed E-state index contributed by atoms with van der Waals surface area (Å²) < 4.78 is 6.97. The number of benzene rings is 2. The number of rotatable bonds is 7. The van der Waals surface area contributed by atoms with Crippen molar-refractivity contribution in [2.75, 3.05) is 26.7 Å². The van der Waals surface area contributed by atoms with E-state index in [4.69, 9.17) is 4.74 Å². The molecule has 0 unspecified atom stereocenters. The Morgan fingerprint density at radius 3 is 2.53 bits per heavy atom. The maximum absolute atomic E-state index is 13.0. The molecule has 7 nitrogen and oxygen atoms in total. The fourth-order valence-electron chi connectivity index (χ4n) is 4.46. The van der Waals surface area contributed by atoms with Crippen LogP contribution in [-0.2, 0) is 6.54 Å². The summed E-state index contributed by atoms with van der Waals surface area (Å²) >= 11 is 0. The number of hydrogen-bond acceptors (Lipinski definition) is 5. The predicted octanol–water partition coefficient (Wildman–Crippen LogP) is 3.30. The monoisotopic (exact) mass is 434 g/mol. The molecule has 1 aliphatic rings. The highest BCUT2D eigenvalue weighted by Crippen LogP contribution is 2.26. The quantitative estimate of drug-likeness (QED) is 0.618. The number of nitrogens with one attached hydrogen (secondary N) is 1. The maximum Gasteiger partial charge on any atom is 0.272 e. The first-order chi connectivity index (χ1) is 15.5. The fourth-order valence-corrected chi connectivity index (χ4v) is 4.46. The molecule has 1 saturated heterocycles. The molecular formula is C25H30N4O3. The summed E-state index contributed by atoms with van der Waals surface area (Å²) in [6.07, 6.45) is 2.35. The van der Waals surface area contributed by atoms with Crippen LogP contribution < -0.4 is 15.6 Å². The lowest BCUT2D eigenvalue weighted by molar-refractivity contribution is 0.0938. The molecule has 0 spiro atoms. The zero-order chi connectivity index (χ0) is 22.7. The molecule has 2 heterocycles. The Kier molecular flexibility index (Phi) is 6.55. The van der Waals surface area contributed by atoms with Crippen molar-refractivity contribution in [1.29, 1.82) is 0 Å². The topological polar surface area (TPSA) is 76.5 Å². The number of amides is 1. The molecule has 1 atom stereocenters. The van der Waals surface area contributed by atoms with Crippen LogP contribution in [0.1, 0.15) is 47.4 Å². The average Bonchev–Trinajstić information content (AvgIpc) is 3.34. The molecule has 4 rings (SSSR count). The summed E-state index contributed by atoms with van der Waals surface area (Å²) in [6, 6.07) is 13.5. The van der Waals surface area contributed by atoms with Crippen LogP contribution in [0.2, 0.25) is 0 Å². The van der Waals surface area contributed by atoms with Gasteiger partial charge in [-0.15, -0.1) is 0 Å². The van der Waals surface area contributed by atoms with Gasteiger partial charge in [0, 0.05) is 18.7 Å². The van der Waals surface area contributed by atoms with Crippen LogP contribution in [0.25, 0.3) is 11.0 Å². The molecule has 0 bridgehead atoms. The molecule has 0 saturated carbocycles. The number of likely N-dealkylation sites (tertiary alicyclic amines) is 1. The molecule has 168 valence electrons. The van der Waals surface area contributed by atoms with Gasteiger partial charge in [-0.3, -0.25) is 14.5 Å². The smallest absolute Gasteiger partial charge is 0.272 e. The standard InChI is InChI=1S/C25H30N4O3/c1-4-29-22-12-9-19(15-21(22)27-17(2)25(29)31)24(30)26-16-23(28-13-5-6-14-28)18-7-10-20(32-3)11-8-18/h7-12,15,23H,4-6,13-14,16H2,1-3H3,(H,26,30)/t23-/m0/s1. The maximum atomic E-state index is 13.0. The molecular weight excluding hydrogens is 404 g/mol. The van der Waals surface area contributed by atoms with Crippen molar-refractivity contribution in [1.82, 2.24) is 19.8 Å². The molecule has 1 aliphatic heterocycles. The number of aryl methyl sites for hydroxylation is 2. The zero-order valence-corrected chi connectivity index (χ0v) is 18.9. The summed E-state index contributed by atoms with van der Waals surface area (Å²) in [5.41, 5.74) is 3.45. The summed E-state index contributed by atoms with van der Waals surface area (Å²) in [4.78, 5) is 32.2. The van der Waals surface area contributed by atoms with E-state index in [1.165, 1.54) is 12.8 Å². The van der Waals surface area contributed by atoms with Crippen LogP contribution in [0.5, 0.6) is 5.75 Å². The van der Waals surface area contributed by atoms with Gasteiger partial charge >= 0.3 is 0 Å². The summed E-state index contributed by atoms with van der Waals surface area (Å²) in [7, 11) is 1.66. The van der Waals surface area contributed by atoms with E-state index in [-0.39, 0.29) is 17.5 Å². The number of carbonyl (C=O) groups is 1. The minimum Gasteiger partial charge on any atom is -0.497 e. The molecule has 1 fully saturated rings. The van der Waals surface area contributed by atoms with Gasteiger partial charge in [0.2, 0.25) is 0 Å². The van der Waals surface area contributed by atoms with E-state index in [0.29, 0.717) is 29.9 Å². The Morgan fingerprint density at radius 2 is 1.88 bits per heavy atom. The molecule has 1 aromatic heterocycles. The van der Waals surface area contributed by atoms with Crippen LogP contribution in [0.3, 0.4) is 0 Å². The van der Waals surface area contributed by atoms with E-state index in [0.717, 1.165) is 29.9 Å². The Hall–Kier alpha value is -3.19. The van der Waals surface area contributed by atoms with Crippen LogP contribution in [-0.4, -0.2) is 47.1 Å². The van der Waals surface area contributed by atoms with Crippen molar-refractivity contribution in [2.24, 2.45) is 0 Å². The lowest BCUT2D eigenvalue weighted by Gasteiger charge is -2.28. The van der Waals surface area contributed by atoms with Crippen LogP contribution in [0.15, 0.2) is 47.3 Å². The molecule has 7 heteroatoms. The minimum atomic E-state index is -0.140. The van der Waals surface area contributed by atoms with Gasteiger partial charge in [0.1, 0.15) is 11.4 Å². The van der Waals surface area contributed by atoms with Crippen molar-refractivity contribution >= 4 is 16.9 Å². The number of fused-ring (bicyclic) bond motifs is 1. The predicted molar refractivity (Wildman–Crippen MR) is 125 cm³/mol. The Morgan fingerprint density at radius 1 is 1.16 bits per heavy atom. The van der Waals surface area contributed by atoms with Crippen molar-refractivity contribution < 1.29 is 9.53 Å². The van der Waals surface area contributed by atoms with Gasteiger partial charge in [0.25, 0.3) is 11.5 Å². The summed E-state index contributed by atoms with van der Waals surface area (Å²) in [6.45, 7) is 6.77. The highest BCUT2D eigenvalue weighted by molar-refractivity contribution is 5.97. The van der Waals surface area contributed by atoms with Gasteiger partial charge in [-0.2, -0.15) is 0 Å². The lowest BCUT2D eigenvalue weighted by Crippen LogP contribution is -2.36. The van der Waals surface area contributed by atoms with E-state index in [2.05, 4.69) is 27.3 Å². The van der Waals surface area contributed by atoms with Crippen molar-refractivity contribution in [3.63, 3.8) is 0 Å². The number of hydrogen-bond donors (Lipinski definition) is 1. The number of ether oxygens (including phenoxy) is 1. The van der Waals surface area contributed by atoms with Crippen LogP contribution in [0.4, 0.5) is 0 Å². The van der Waals surface area contributed by atoms with Gasteiger partial charge in [-0.1, -0.05) is 12.1 Å². The molecule has 0 radical (unpaired) electrons. The van der Waals surface area contributed by atoms with Crippen molar-refractivity contribution in [3.8, 4) is 5.75 Å². The van der Waals surface area contributed by atoms with Crippen LogP contribution in [0, 0.1) is 6.92 Å². The Balaban J connectivity index is 1.55. The zero-order valence-electron chi connectivity index (χ0n) is 18.9. The molecule has 1 N–H and O–H groups in total. The largest absolute Gasteiger partial charge is 0.497 e. The summed E-state index contributed by atoms with van der Waals surface area (Å²) in [5, 5.41) is 3.11. The van der Waals surface area contributed by atoms with E-state index < -0.39 is 0 Å². The summed E-state index contributed by atoms with van der Waals surface area (Å²) in [5.74, 6) is 0.681. The van der Waals surface area contributed by atoms with Crippen LogP contribution >= 0.6 is 0 Å². The SMILES string of the molecule is CCn1c(=O)c(C)nc2cc(C(=O)NC[C@@H](c3ccc(OC)cc3)N3CCCC3)ccc21. The minimum absolute atomic E-state index is 0.0925. The molecule has 1 amide bonds. The molecule has 0 aliphatic carbocycles. The van der Waals surface area contributed by atoms with Gasteiger partial charge in [-0.25, -0.2) is 4.98 Å². The third-order valence-corrected chi connectivity index (χ3v) is 6.23. The second kappa shape index (κ2) is 9.53. The number of nitrogens with zero attached hydrogens (tertiary/aromatic N) is 3. The van der Waals surface area contributed by atoms with E-state index >= 15 is 0 Å². The third kappa shape index (κ3) is 4.39. The van der Waals surface area contributed by atoms with Gasteiger partial charge in [0.15, 0.2) is 0 Å².